The minimum Gasteiger partial charge on any atom is -0.383 e. The van der Waals surface area contributed by atoms with Crippen LogP contribution in [0.5, 0.6) is 0 Å². The Morgan fingerprint density at radius 3 is 2.62 bits per heavy atom. The zero-order chi connectivity index (χ0) is 17.7. The van der Waals surface area contributed by atoms with Crippen LogP contribution in [0.4, 0.5) is 0 Å². The number of piperazine rings is 1. The fourth-order valence-electron chi connectivity index (χ4n) is 2.50. The lowest BCUT2D eigenvalue weighted by atomic mass is 10.3. The van der Waals surface area contributed by atoms with Crippen LogP contribution in [0.1, 0.15) is 6.92 Å². The number of thiocarbonyl (C=S) groups is 1. The van der Waals surface area contributed by atoms with Gasteiger partial charge in [0.15, 0.2) is 5.11 Å². The van der Waals surface area contributed by atoms with Crippen LogP contribution in [0.25, 0.3) is 0 Å². The summed E-state index contributed by atoms with van der Waals surface area (Å²) in [6.45, 7) is 4.52. The van der Waals surface area contributed by atoms with Gasteiger partial charge in [0.05, 0.1) is 11.5 Å². The van der Waals surface area contributed by atoms with Gasteiger partial charge in [0.1, 0.15) is 0 Å². The minimum atomic E-state index is -3.47. The lowest BCUT2D eigenvalue weighted by molar-refractivity contribution is 0.176. The van der Waals surface area contributed by atoms with Crippen molar-refractivity contribution in [1.82, 2.24) is 14.5 Å². The second-order valence-corrected chi connectivity index (χ2v) is 8.89. The van der Waals surface area contributed by atoms with E-state index >= 15 is 0 Å². The smallest absolute Gasteiger partial charge is 0.243 e. The second-order valence-electron chi connectivity index (χ2n) is 5.65. The Bertz CT molecular complexity index is 676. The molecule has 1 aromatic carbocycles. The number of halogens is 1. The zero-order valence-corrected chi connectivity index (χ0v) is 17.0. The number of hydrogen-bond donors (Lipinski definition) is 1. The molecule has 1 atom stereocenters. The van der Waals surface area contributed by atoms with Gasteiger partial charge in [-0.1, -0.05) is 22.0 Å². The van der Waals surface area contributed by atoms with E-state index < -0.39 is 10.0 Å². The van der Waals surface area contributed by atoms with E-state index in [-0.39, 0.29) is 6.04 Å². The van der Waals surface area contributed by atoms with Gasteiger partial charge >= 0.3 is 0 Å². The van der Waals surface area contributed by atoms with E-state index in [0.29, 0.717) is 42.8 Å². The van der Waals surface area contributed by atoms with E-state index in [1.807, 2.05) is 17.9 Å². The van der Waals surface area contributed by atoms with Crippen LogP contribution in [0.15, 0.2) is 33.6 Å². The molecule has 1 fully saturated rings. The van der Waals surface area contributed by atoms with Gasteiger partial charge in [0, 0.05) is 43.8 Å². The lowest BCUT2D eigenvalue weighted by Gasteiger charge is -2.36. The second kappa shape index (κ2) is 8.57. The van der Waals surface area contributed by atoms with Crippen LogP contribution in [0.3, 0.4) is 0 Å². The van der Waals surface area contributed by atoms with E-state index in [0.717, 1.165) is 4.47 Å². The molecule has 24 heavy (non-hydrogen) atoms. The molecule has 0 amide bonds. The normalized spacial score (nSPS) is 17.5. The van der Waals surface area contributed by atoms with Gasteiger partial charge in [-0.3, -0.25) is 0 Å². The number of rotatable bonds is 5. The fraction of sp³-hybridized carbons (Fsp3) is 0.533. The molecule has 1 aliphatic heterocycles. The van der Waals surface area contributed by atoms with Gasteiger partial charge in [-0.25, -0.2) is 8.42 Å². The van der Waals surface area contributed by atoms with Crippen molar-refractivity contribution in [2.45, 2.75) is 17.9 Å². The van der Waals surface area contributed by atoms with E-state index in [4.69, 9.17) is 17.0 Å². The van der Waals surface area contributed by atoms with Crippen molar-refractivity contribution < 1.29 is 13.2 Å². The summed E-state index contributed by atoms with van der Waals surface area (Å²) in [7, 11) is -1.83. The molecule has 0 radical (unpaired) electrons. The van der Waals surface area contributed by atoms with Gasteiger partial charge in [-0.15, -0.1) is 0 Å². The third kappa shape index (κ3) is 4.89. The monoisotopic (exact) mass is 435 g/mol. The molecule has 0 saturated carbocycles. The Balaban J connectivity index is 1.96. The highest BCUT2D eigenvalue weighted by Gasteiger charge is 2.29. The average Bonchev–Trinajstić information content (AvgIpc) is 2.55. The Hall–Kier alpha value is -0.740. The highest BCUT2D eigenvalue weighted by molar-refractivity contribution is 9.10. The third-order valence-electron chi connectivity index (χ3n) is 3.75. The van der Waals surface area contributed by atoms with Crippen LogP contribution in [0.2, 0.25) is 0 Å². The van der Waals surface area contributed by atoms with Crippen molar-refractivity contribution in [2.24, 2.45) is 0 Å². The molecule has 0 bridgehead atoms. The highest BCUT2D eigenvalue weighted by atomic mass is 79.9. The first kappa shape index (κ1) is 19.6. The summed E-state index contributed by atoms with van der Waals surface area (Å²) in [4.78, 5) is 2.30. The van der Waals surface area contributed by atoms with Crippen molar-refractivity contribution in [2.75, 3.05) is 39.9 Å². The van der Waals surface area contributed by atoms with Gasteiger partial charge in [-0.2, -0.15) is 4.31 Å². The number of benzene rings is 1. The minimum absolute atomic E-state index is 0.117. The summed E-state index contributed by atoms with van der Waals surface area (Å²) in [5.41, 5.74) is 0. The Kier molecular flexibility index (Phi) is 6.99. The van der Waals surface area contributed by atoms with Crippen LogP contribution in [0, 0.1) is 0 Å². The molecule has 1 unspecified atom stereocenters. The predicted molar refractivity (Wildman–Crippen MR) is 102 cm³/mol. The van der Waals surface area contributed by atoms with Crippen LogP contribution in [-0.4, -0.2) is 68.7 Å². The maximum absolute atomic E-state index is 12.7. The number of nitrogens with one attached hydrogen (secondary N) is 1. The zero-order valence-electron chi connectivity index (χ0n) is 13.7. The molecule has 0 aliphatic carbocycles. The molecule has 1 aliphatic rings. The average molecular weight is 436 g/mol. The summed E-state index contributed by atoms with van der Waals surface area (Å²) in [5.74, 6) is 0. The van der Waals surface area contributed by atoms with Gasteiger partial charge < -0.3 is 15.0 Å². The van der Waals surface area contributed by atoms with Gasteiger partial charge in [0.2, 0.25) is 10.0 Å². The third-order valence-corrected chi connectivity index (χ3v) is 6.51. The molecular formula is C15H22BrN3O3S2. The molecule has 6 nitrogen and oxygen atoms in total. The van der Waals surface area contributed by atoms with Crippen molar-refractivity contribution in [3.63, 3.8) is 0 Å². The molecule has 1 N–H and O–H groups in total. The van der Waals surface area contributed by atoms with Gasteiger partial charge in [0.25, 0.3) is 0 Å². The van der Waals surface area contributed by atoms with Crippen molar-refractivity contribution in [1.29, 1.82) is 0 Å². The van der Waals surface area contributed by atoms with E-state index in [1.54, 1.807) is 25.3 Å². The van der Waals surface area contributed by atoms with Gasteiger partial charge in [-0.05, 0) is 37.3 Å². The van der Waals surface area contributed by atoms with E-state index in [1.165, 1.54) is 4.31 Å². The Labute approximate surface area is 157 Å². The van der Waals surface area contributed by atoms with Crippen LogP contribution in [-0.2, 0) is 14.8 Å². The molecule has 1 aromatic rings. The first-order chi connectivity index (χ1) is 11.3. The largest absolute Gasteiger partial charge is 0.383 e. The van der Waals surface area contributed by atoms with Crippen molar-refractivity contribution in [3.8, 4) is 0 Å². The maximum atomic E-state index is 12.7. The number of sulfonamides is 1. The predicted octanol–water partition coefficient (Wildman–Crippen LogP) is 1.66. The van der Waals surface area contributed by atoms with Crippen molar-refractivity contribution in [3.05, 3.63) is 28.7 Å². The summed E-state index contributed by atoms with van der Waals surface area (Å²) < 4.78 is 32.7. The number of methoxy groups -OCH3 is 1. The maximum Gasteiger partial charge on any atom is 0.243 e. The topological polar surface area (TPSA) is 61.9 Å². The molecule has 2 rings (SSSR count). The van der Waals surface area contributed by atoms with E-state index in [2.05, 4.69) is 21.2 Å². The summed E-state index contributed by atoms with van der Waals surface area (Å²) in [6, 6.07) is 6.89. The molecular weight excluding hydrogens is 414 g/mol. The Morgan fingerprint density at radius 2 is 2.04 bits per heavy atom. The number of nitrogens with zero attached hydrogens (tertiary/aromatic N) is 2. The molecule has 134 valence electrons. The quantitative estimate of drug-likeness (QED) is 0.709. The standard InChI is InChI=1S/C15H22BrN3O3S2/c1-12(11-22-2)17-15(23)18-6-8-19(9-7-18)24(20,21)14-5-3-4-13(16)10-14/h3-5,10,12H,6-9,11H2,1-2H3,(H,17,23). The fourth-order valence-corrected chi connectivity index (χ4v) is 4.90. The van der Waals surface area contributed by atoms with Crippen LogP contribution >= 0.6 is 28.1 Å². The molecule has 0 spiro atoms. The molecule has 9 heteroatoms. The summed E-state index contributed by atoms with van der Waals surface area (Å²) >= 11 is 8.71. The molecule has 1 heterocycles. The molecule has 1 saturated heterocycles. The number of ether oxygens (including phenoxy) is 1. The van der Waals surface area contributed by atoms with E-state index in [9.17, 15) is 8.42 Å². The lowest BCUT2D eigenvalue weighted by Crippen LogP contribution is -2.54. The SMILES string of the molecule is COCC(C)NC(=S)N1CCN(S(=O)(=O)c2cccc(Br)c2)CC1. The summed E-state index contributed by atoms with van der Waals surface area (Å²) in [6.07, 6.45) is 0. The van der Waals surface area contributed by atoms with Crippen LogP contribution < -0.4 is 5.32 Å². The first-order valence-corrected chi connectivity index (χ1v) is 10.3. The highest BCUT2D eigenvalue weighted by Crippen LogP contribution is 2.21. The number of hydrogen-bond acceptors (Lipinski definition) is 4. The first-order valence-electron chi connectivity index (χ1n) is 7.64. The molecule has 0 aromatic heterocycles. The van der Waals surface area contributed by atoms with Crippen molar-refractivity contribution >= 4 is 43.3 Å². The summed E-state index contributed by atoms with van der Waals surface area (Å²) in [5, 5.41) is 3.84. The Morgan fingerprint density at radius 1 is 1.38 bits per heavy atom.